The van der Waals surface area contributed by atoms with Gasteiger partial charge in [0, 0.05) is 63.5 Å². The number of hydrogen-bond donors (Lipinski definition) is 3. The van der Waals surface area contributed by atoms with Crippen LogP contribution in [0.5, 0.6) is 34.5 Å². The van der Waals surface area contributed by atoms with E-state index in [1.165, 1.54) is 12.7 Å². The Labute approximate surface area is 374 Å². The number of aliphatic imine (C=N–C) groups is 2. The summed E-state index contributed by atoms with van der Waals surface area (Å²) in [4.78, 5) is 25.7. The lowest BCUT2D eigenvalue weighted by molar-refractivity contribution is 0.197. The zero-order chi connectivity index (χ0) is 44.6. The van der Waals surface area contributed by atoms with Gasteiger partial charge in [0.2, 0.25) is 0 Å². The number of aromatic nitrogens is 4. The standard InChI is InChI=1S/C24H24N4O3.C19H14N4O3.C5H11Br/c1-23(2,3)12-29-17-5-7-21-19(9-17)24(13-30-22(25)28-24)18-8-15(4-6-20(18)31-21)16-10-26-14-27-11-16;20-18-23-19(9-25-18)14-5-11(12-7-21-10-22-8-12)1-3-16(14)26-17-4-2-13(24)6-15(17)19;1-5(2,3)4-6/h4-11,14H,12-13H2,1-3H3,(H2,25,28);1-8,10,24H,9H2,(H2,20,23);4H2,1-3H3. The van der Waals surface area contributed by atoms with Crippen molar-refractivity contribution in [1.29, 1.82) is 0 Å². The molecule has 0 fully saturated rings. The van der Waals surface area contributed by atoms with Gasteiger partial charge in [-0.2, -0.15) is 0 Å². The van der Waals surface area contributed by atoms with Crippen molar-refractivity contribution in [3.8, 4) is 56.8 Å². The number of nitrogens with two attached hydrogens (primary N) is 2. The van der Waals surface area contributed by atoms with Gasteiger partial charge in [-0.05, 0) is 82.6 Å². The zero-order valence-corrected chi connectivity index (χ0v) is 37.5. The van der Waals surface area contributed by atoms with Crippen LogP contribution in [0, 0.1) is 10.8 Å². The molecular formula is C48H49BrN8O6. The maximum Gasteiger partial charge on any atom is 0.283 e. The van der Waals surface area contributed by atoms with Crippen LogP contribution in [0.4, 0.5) is 0 Å². The van der Waals surface area contributed by atoms with E-state index in [4.69, 9.17) is 40.1 Å². The largest absolute Gasteiger partial charge is 0.508 e. The quantitative estimate of drug-likeness (QED) is 0.142. The van der Waals surface area contributed by atoms with Crippen molar-refractivity contribution in [2.45, 2.75) is 52.6 Å². The Bertz CT molecular complexity index is 2700. The van der Waals surface area contributed by atoms with Gasteiger partial charge in [0.15, 0.2) is 11.1 Å². The highest BCUT2D eigenvalue weighted by Crippen LogP contribution is 2.54. The Morgan fingerprint density at radius 3 is 1.41 bits per heavy atom. The van der Waals surface area contributed by atoms with Gasteiger partial charge in [-0.15, -0.1) is 0 Å². The van der Waals surface area contributed by atoms with Crippen molar-refractivity contribution in [2.75, 3.05) is 25.2 Å². The average molecular weight is 914 g/mol. The number of hydrogen-bond acceptors (Lipinski definition) is 14. The number of rotatable bonds is 4. The molecular weight excluding hydrogens is 864 g/mol. The summed E-state index contributed by atoms with van der Waals surface area (Å²) in [7, 11) is 0. The van der Waals surface area contributed by atoms with E-state index >= 15 is 0 Å². The first-order chi connectivity index (χ1) is 30.1. The third kappa shape index (κ3) is 8.96. The van der Waals surface area contributed by atoms with E-state index in [0.717, 1.165) is 55.8 Å². The van der Waals surface area contributed by atoms with Crippen molar-refractivity contribution in [2.24, 2.45) is 32.3 Å². The van der Waals surface area contributed by atoms with E-state index < -0.39 is 11.1 Å². The van der Waals surface area contributed by atoms with Crippen LogP contribution in [-0.2, 0) is 20.6 Å². The maximum absolute atomic E-state index is 9.99. The molecule has 14 nitrogen and oxygen atoms in total. The Balaban J connectivity index is 0.000000155. The summed E-state index contributed by atoms with van der Waals surface area (Å²) in [5.41, 5.74) is 17.6. The van der Waals surface area contributed by atoms with E-state index in [2.05, 4.69) is 82.4 Å². The summed E-state index contributed by atoms with van der Waals surface area (Å²) in [6.45, 7) is 14.1. The van der Waals surface area contributed by atoms with E-state index in [1.807, 2.05) is 54.6 Å². The van der Waals surface area contributed by atoms with Crippen LogP contribution in [0.15, 0.2) is 120 Å². The highest BCUT2D eigenvalue weighted by atomic mass is 79.9. The fourth-order valence-corrected chi connectivity index (χ4v) is 7.32. The molecule has 0 saturated carbocycles. The first-order valence-electron chi connectivity index (χ1n) is 20.3. The van der Waals surface area contributed by atoms with Crippen molar-refractivity contribution in [3.05, 3.63) is 132 Å². The van der Waals surface area contributed by atoms with Crippen LogP contribution in [0.3, 0.4) is 0 Å². The second-order valence-corrected chi connectivity index (χ2v) is 18.5. The molecule has 15 heteroatoms. The smallest absolute Gasteiger partial charge is 0.283 e. The molecule has 0 aliphatic carbocycles. The van der Waals surface area contributed by atoms with Gasteiger partial charge in [0.25, 0.3) is 12.0 Å². The van der Waals surface area contributed by atoms with Gasteiger partial charge in [-0.3, -0.25) is 0 Å². The predicted molar refractivity (Wildman–Crippen MR) is 245 cm³/mol. The van der Waals surface area contributed by atoms with Gasteiger partial charge in [0.1, 0.15) is 60.4 Å². The molecule has 63 heavy (non-hydrogen) atoms. The number of fused-ring (bicyclic) bond motifs is 8. The van der Waals surface area contributed by atoms with E-state index in [-0.39, 0.29) is 29.8 Å². The fourth-order valence-electron chi connectivity index (χ4n) is 7.32. The Kier molecular flexibility index (Phi) is 11.5. The summed E-state index contributed by atoms with van der Waals surface area (Å²) < 4.78 is 29.5. The minimum atomic E-state index is -0.864. The number of amidine groups is 2. The number of halogens is 1. The topological polar surface area (TPSA) is 195 Å². The maximum atomic E-state index is 9.99. The van der Waals surface area contributed by atoms with Gasteiger partial charge in [-0.25, -0.2) is 29.9 Å². The summed E-state index contributed by atoms with van der Waals surface area (Å²) >= 11 is 3.37. The highest BCUT2D eigenvalue weighted by Gasteiger charge is 2.48. The molecule has 6 heterocycles. The molecule has 4 aliphatic rings. The minimum absolute atomic E-state index is 0.0440. The first-order valence-corrected chi connectivity index (χ1v) is 21.5. The van der Waals surface area contributed by atoms with E-state index in [0.29, 0.717) is 41.4 Å². The second-order valence-electron chi connectivity index (χ2n) is 18.0. The molecule has 0 bridgehead atoms. The zero-order valence-electron chi connectivity index (χ0n) is 35.9. The molecule has 5 N–H and O–H groups in total. The molecule has 4 aliphatic heterocycles. The van der Waals surface area contributed by atoms with Crippen LogP contribution in [0.2, 0.25) is 0 Å². The summed E-state index contributed by atoms with van der Waals surface area (Å²) in [5, 5.41) is 11.1. The summed E-state index contributed by atoms with van der Waals surface area (Å²) in [6.07, 6.45) is 10.0. The number of phenols is 1. The van der Waals surface area contributed by atoms with Crippen molar-refractivity contribution in [3.63, 3.8) is 0 Å². The number of nitrogens with zero attached hydrogens (tertiary/aromatic N) is 6. The Morgan fingerprint density at radius 1 is 0.587 bits per heavy atom. The highest BCUT2D eigenvalue weighted by molar-refractivity contribution is 9.09. The number of alkyl halides is 1. The Morgan fingerprint density at radius 2 is 1.00 bits per heavy atom. The van der Waals surface area contributed by atoms with Crippen LogP contribution >= 0.6 is 15.9 Å². The minimum Gasteiger partial charge on any atom is -0.508 e. The van der Waals surface area contributed by atoms with E-state index in [9.17, 15) is 5.11 Å². The number of phenolic OH excluding ortho intramolecular Hbond substituents is 1. The molecule has 0 saturated heterocycles. The van der Waals surface area contributed by atoms with Crippen LogP contribution in [0.1, 0.15) is 63.8 Å². The van der Waals surface area contributed by atoms with Crippen molar-refractivity contribution >= 4 is 28.0 Å². The average Bonchev–Trinajstić information content (AvgIpc) is 3.87. The predicted octanol–water partition coefficient (Wildman–Crippen LogP) is 9.23. The Hall–Kier alpha value is -6.74. The monoisotopic (exact) mass is 912 g/mol. The lowest BCUT2D eigenvalue weighted by Crippen LogP contribution is -2.31. The molecule has 0 amide bonds. The first kappa shape index (κ1) is 42.9. The van der Waals surface area contributed by atoms with Gasteiger partial charge in [0.05, 0.1) is 6.61 Å². The van der Waals surface area contributed by atoms with Crippen molar-refractivity contribution < 1.29 is 28.8 Å². The fraction of sp³-hybridized carbons (Fsp3) is 0.292. The molecule has 2 spiro atoms. The SMILES string of the molecule is CC(C)(C)CBr.CC(C)(C)COc1ccc2c(c1)C1(COC(N)=N1)c1cc(-c3cncnc3)ccc1O2.NC1=NC2(CO1)c1cc(O)ccc1Oc1ccc(-c3cncnc3)cc12. The molecule has 324 valence electrons. The molecule has 4 aromatic carbocycles. The van der Waals surface area contributed by atoms with Gasteiger partial charge in [-0.1, -0.05) is 69.6 Å². The van der Waals surface area contributed by atoms with Gasteiger partial charge < -0.3 is 40.3 Å². The summed E-state index contributed by atoms with van der Waals surface area (Å²) in [6, 6.07) is 22.8. The number of benzene rings is 4. The third-order valence-corrected chi connectivity index (χ3v) is 12.1. The molecule has 2 atom stereocenters. The molecule has 2 unspecified atom stereocenters. The second kappa shape index (κ2) is 16.9. The molecule has 2 aromatic heterocycles. The molecule has 0 radical (unpaired) electrons. The third-order valence-electron chi connectivity index (χ3n) is 10.4. The number of ether oxygens (including phenoxy) is 5. The van der Waals surface area contributed by atoms with Gasteiger partial charge >= 0.3 is 0 Å². The lowest BCUT2D eigenvalue weighted by atomic mass is 9.80. The lowest BCUT2D eigenvalue weighted by Gasteiger charge is -2.34. The van der Waals surface area contributed by atoms with Crippen LogP contribution in [-0.4, -0.2) is 62.2 Å². The van der Waals surface area contributed by atoms with Crippen LogP contribution in [0.25, 0.3) is 22.3 Å². The van der Waals surface area contributed by atoms with Crippen molar-refractivity contribution in [1.82, 2.24) is 19.9 Å². The number of aromatic hydroxyl groups is 1. The molecule has 10 rings (SSSR count). The van der Waals surface area contributed by atoms with E-state index in [1.54, 1.807) is 43.0 Å². The molecule has 6 aromatic rings. The summed E-state index contributed by atoms with van der Waals surface area (Å²) in [5.74, 6) is 3.61. The normalized spacial score (nSPS) is 18.8. The van der Waals surface area contributed by atoms with Crippen LogP contribution < -0.4 is 25.7 Å².